The van der Waals surface area contributed by atoms with Gasteiger partial charge < -0.3 is 0 Å². The fourth-order valence-electron chi connectivity index (χ4n) is 3.42. The van der Waals surface area contributed by atoms with Gasteiger partial charge in [0.2, 0.25) is 21.1 Å². The van der Waals surface area contributed by atoms with E-state index in [1.54, 1.807) is 11.3 Å². The van der Waals surface area contributed by atoms with Crippen molar-refractivity contribution in [2.45, 2.75) is 37.1 Å². The summed E-state index contributed by atoms with van der Waals surface area (Å²) in [5, 5.41) is 15.7. The number of ketones is 1. The van der Waals surface area contributed by atoms with Gasteiger partial charge in [-0.15, -0.1) is 10.2 Å². The maximum Gasteiger partial charge on any atom is 0.244 e. The number of benzene rings is 1. The molecule has 0 saturated carbocycles. The summed E-state index contributed by atoms with van der Waals surface area (Å²) in [6.07, 6.45) is 1.85. The second-order valence-electron chi connectivity index (χ2n) is 7.12. The summed E-state index contributed by atoms with van der Waals surface area (Å²) in [5.41, 5.74) is 1.36. The fraction of sp³-hybridized carbons (Fsp3) is 0.300. The SMILES string of the molecule is CC(=O)c1ccc(S(=O)(=O)N2CCCCC2C(=O)Nc2nnc(-c3ccsc3)s2)cc1. The van der Waals surface area contributed by atoms with Crippen molar-refractivity contribution in [1.82, 2.24) is 14.5 Å². The van der Waals surface area contributed by atoms with Gasteiger partial charge in [-0.3, -0.25) is 14.9 Å². The molecule has 0 spiro atoms. The number of aromatic nitrogens is 2. The summed E-state index contributed by atoms with van der Waals surface area (Å²) in [5.74, 6) is -0.560. The number of amides is 1. The number of sulfonamides is 1. The Kier molecular flexibility index (Phi) is 6.28. The molecule has 162 valence electrons. The number of carbonyl (C=O) groups is 2. The Morgan fingerprint density at radius 2 is 1.90 bits per heavy atom. The van der Waals surface area contributed by atoms with Crippen molar-refractivity contribution in [2.24, 2.45) is 0 Å². The van der Waals surface area contributed by atoms with Gasteiger partial charge in [0.1, 0.15) is 11.0 Å². The molecule has 1 N–H and O–H groups in total. The molecule has 3 aromatic rings. The second kappa shape index (κ2) is 8.95. The van der Waals surface area contributed by atoms with Gasteiger partial charge in [-0.2, -0.15) is 15.6 Å². The Hall–Kier alpha value is -2.47. The topological polar surface area (TPSA) is 109 Å². The Morgan fingerprint density at radius 1 is 1.13 bits per heavy atom. The maximum absolute atomic E-state index is 13.2. The number of rotatable bonds is 6. The van der Waals surface area contributed by atoms with E-state index in [0.717, 1.165) is 12.0 Å². The van der Waals surface area contributed by atoms with Crippen LogP contribution >= 0.6 is 22.7 Å². The number of nitrogens with zero attached hydrogens (tertiary/aromatic N) is 3. The normalized spacial score (nSPS) is 17.4. The lowest BCUT2D eigenvalue weighted by Gasteiger charge is -2.33. The van der Waals surface area contributed by atoms with Crippen molar-refractivity contribution in [2.75, 3.05) is 11.9 Å². The van der Waals surface area contributed by atoms with Crippen LogP contribution in [0.3, 0.4) is 0 Å². The Balaban J connectivity index is 1.54. The van der Waals surface area contributed by atoms with Crippen LogP contribution in [0.5, 0.6) is 0 Å². The van der Waals surface area contributed by atoms with Gasteiger partial charge in [-0.05, 0) is 43.3 Å². The van der Waals surface area contributed by atoms with Gasteiger partial charge >= 0.3 is 0 Å². The van der Waals surface area contributed by atoms with E-state index in [2.05, 4.69) is 15.5 Å². The van der Waals surface area contributed by atoms with Crippen molar-refractivity contribution >= 4 is 49.5 Å². The first kappa shape index (κ1) is 21.8. The standard InChI is InChI=1S/C20H20N4O4S3/c1-13(25)14-5-7-16(8-6-14)31(27,28)24-10-3-2-4-17(24)18(26)21-20-23-22-19(30-20)15-9-11-29-12-15/h5-9,11-12,17H,2-4,10H2,1H3,(H,21,23,26). The second-order valence-corrected chi connectivity index (χ2v) is 10.8. The van der Waals surface area contributed by atoms with Crippen LogP contribution in [0.15, 0.2) is 46.0 Å². The van der Waals surface area contributed by atoms with Gasteiger partial charge in [0, 0.05) is 23.1 Å². The van der Waals surface area contributed by atoms with Crippen LogP contribution in [0.4, 0.5) is 5.13 Å². The van der Waals surface area contributed by atoms with E-state index in [4.69, 9.17) is 0 Å². The van der Waals surface area contributed by atoms with E-state index in [9.17, 15) is 18.0 Å². The molecule has 1 saturated heterocycles. The lowest BCUT2D eigenvalue weighted by atomic mass is 10.0. The lowest BCUT2D eigenvalue weighted by molar-refractivity contribution is -0.120. The number of piperidine rings is 1. The quantitative estimate of drug-likeness (QED) is 0.544. The van der Waals surface area contributed by atoms with Crippen molar-refractivity contribution in [3.63, 3.8) is 0 Å². The molecule has 0 bridgehead atoms. The van der Waals surface area contributed by atoms with Crippen LogP contribution in [0, 0.1) is 0 Å². The zero-order valence-corrected chi connectivity index (χ0v) is 19.1. The molecule has 4 rings (SSSR count). The Morgan fingerprint density at radius 3 is 2.58 bits per heavy atom. The van der Waals surface area contributed by atoms with Crippen molar-refractivity contribution < 1.29 is 18.0 Å². The monoisotopic (exact) mass is 476 g/mol. The summed E-state index contributed by atoms with van der Waals surface area (Å²) < 4.78 is 27.7. The number of hydrogen-bond acceptors (Lipinski definition) is 8. The van der Waals surface area contributed by atoms with E-state index in [1.165, 1.54) is 46.8 Å². The Labute approximate surface area is 188 Å². The fourth-order valence-corrected chi connectivity index (χ4v) is 6.53. The van der Waals surface area contributed by atoms with Crippen molar-refractivity contribution in [1.29, 1.82) is 0 Å². The van der Waals surface area contributed by atoms with Gasteiger partial charge in [-0.25, -0.2) is 8.42 Å². The summed E-state index contributed by atoms with van der Waals surface area (Å²) in [4.78, 5) is 24.5. The summed E-state index contributed by atoms with van der Waals surface area (Å²) in [7, 11) is -3.89. The average molecular weight is 477 g/mol. The van der Waals surface area contributed by atoms with Crippen molar-refractivity contribution in [3.05, 3.63) is 46.7 Å². The van der Waals surface area contributed by atoms with E-state index in [0.29, 0.717) is 28.5 Å². The van der Waals surface area contributed by atoms with Crippen LogP contribution in [0.25, 0.3) is 10.6 Å². The summed E-state index contributed by atoms with van der Waals surface area (Å²) in [6, 6.07) is 6.88. The molecule has 1 atom stereocenters. The molecule has 2 aromatic heterocycles. The number of nitrogens with one attached hydrogen (secondary N) is 1. The number of Topliss-reactive ketones (excluding diaryl/α,β-unsaturated/α-hetero) is 1. The molecule has 3 heterocycles. The predicted molar refractivity (Wildman–Crippen MR) is 120 cm³/mol. The van der Waals surface area contributed by atoms with Crippen LogP contribution in [-0.2, 0) is 14.8 Å². The minimum atomic E-state index is -3.89. The zero-order valence-electron chi connectivity index (χ0n) is 16.6. The predicted octanol–water partition coefficient (Wildman–Crippen LogP) is 3.65. The largest absolute Gasteiger partial charge is 0.299 e. The molecule has 1 aromatic carbocycles. The third-order valence-electron chi connectivity index (χ3n) is 5.05. The van der Waals surface area contributed by atoms with E-state index >= 15 is 0 Å². The highest BCUT2D eigenvalue weighted by Gasteiger charge is 2.38. The van der Waals surface area contributed by atoms with Gasteiger partial charge in [-0.1, -0.05) is 29.9 Å². The Bertz CT molecular complexity index is 1190. The smallest absolute Gasteiger partial charge is 0.244 e. The third kappa shape index (κ3) is 4.59. The molecule has 11 heteroatoms. The van der Waals surface area contributed by atoms with Gasteiger partial charge in [0.15, 0.2) is 5.78 Å². The van der Waals surface area contributed by atoms with Crippen LogP contribution in [-0.4, -0.2) is 47.2 Å². The van der Waals surface area contributed by atoms with E-state index in [-0.39, 0.29) is 17.2 Å². The molecular formula is C20H20N4O4S3. The summed E-state index contributed by atoms with van der Waals surface area (Å²) >= 11 is 2.79. The maximum atomic E-state index is 13.2. The molecule has 0 radical (unpaired) electrons. The van der Waals surface area contributed by atoms with E-state index in [1.807, 2.05) is 16.8 Å². The number of anilines is 1. The molecule has 8 nitrogen and oxygen atoms in total. The minimum Gasteiger partial charge on any atom is -0.299 e. The molecule has 31 heavy (non-hydrogen) atoms. The third-order valence-corrected chi connectivity index (χ3v) is 8.54. The molecule has 1 amide bonds. The molecule has 1 unspecified atom stereocenters. The molecule has 1 fully saturated rings. The average Bonchev–Trinajstić information content (AvgIpc) is 3.46. The molecule has 1 aliphatic rings. The highest BCUT2D eigenvalue weighted by Crippen LogP contribution is 2.30. The number of hydrogen-bond donors (Lipinski definition) is 1. The lowest BCUT2D eigenvalue weighted by Crippen LogP contribution is -2.49. The highest BCUT2D eigenvalue weighted by molar-refractivity contribution is 7.89. The molecule has 1 aliphatic heterocycles. The van der Waals surface area contributed by atoms with Crippen molar-refractivity contribution in [3.8, 4) is 10.6 Å². The summed E-state index contributed by atoms with van der Waals surface area (Å²) in [6.45, 7) is 1.68. The first-order chi connectivity index (χ1) is 14.9. The van der Waals surface area contributed by atoms with Gasteiger partial charge in [0.25, 0.3) is 0 Å². The first-order valence-electron chi connectivity index (χ1n) is 9.66. The molecule has 0 aliphatic carbocycles. The van der Waals surface area contributed by atoms with Crippen LogP contribution in [0.2, 0.25) is 0 Å². The van der Waals surface area contributed by atoms with Gasteiger partial charge in [0.05, 0.1) is 4.90 Å². The first-order valence-corrected chi connectivity index (χ1v) is 12.9. The number of thiophene rings is 1. The molecular weight excluding hydrogens is 456 g/mol. The number of carbonyl (C=O) groups excluding carboxylic acids is 2. The van der Waals surface area contributed by atoms with Crippen LogP contribution < -0.4 is 5.32 Å². The van der Waals surface area contributed by atoms with Crippen LogP contribution in [0.1, 0.15) is 36.5 Å². The zero-order chi connectivity index (χ0) is 22.0. The minimum absolute atomic E-state index is 0.0628. The highest BCUT2D eigenvalue weighted by atomic mass is 32.2. The van der Waals surface area contributed by atoms with E-state index < -0.39 is 22.0 Å².